The van der Waals surface area contributed by atoms with Gasteiger partial charge in [-0.1, -0.05) is 13.3 Å². The lowest BCUT2D eigenvalue weighted by Crippen LogP contribution is -2.33. The molecule has 1 aliphatic carbocycles. The summed E-state index contributed by atoms with van der Waals surface area (Å²) < 4.78 is 40.3. The summed E-state index contributed by atoms with van der Waals surface area (Å²) in [6, 6.07) is -0.764. The maximum absolute atomic E-state index is 13.0. The topological polar surface area (TPSA) is 46.9 Å². The SMILES string of the molecule is CCCCNC(=O)C(C)n1nc(C(F)(F)F)c(Br)c1C1CC1. The van der Waals surface area contributed by atoms with Gasteiger partial charge in [0, 0.05) is 12.5 Å². The Labute approximate surface area is 135 Å². The molecule has 0 aliphatic heterocycles. The molecular formula is C14H19BrF3N3O. The van der Waals surface area contributed by atoms with Crippen molar-refractivity contribution < 1.29 is 18.0 Å². The van der Waals surface area contributed by atoms with E-state index in [1.807, 2.05) is 6.92 Å². The van der Waals surface area contributed by atoms with Gasteiger partial charge in [-0.15, -0.1) is 0 Å². The summed E-state index contributed by atoms with van der Waals surface area (Å²) >= 11 is 3.02. The number of nitrogens with one attached hydrogen (secondary N) is 1. The van der Waals surface area contributed by atoms with Gasteiger partial charge in [0.1, 0.15) is 6.04 Å². The van der Waals surface area contributed by atoms with Crippen LogP contribution < -0.4 is 5.32 Å². The van der Waals surface area contributed by atoms with Gasteiger partial charge in [0.2, 0.25) is 5.91 Å². The van der Waals surface area contributed by atoms with Crippen molar-refractivity contribution in [3.05, 3.63) is 15.9 Å². The molecule has 1 unspecified atom stereocenters. The number of hydrogen-bond donors (Lipinski definition) is 1. The molecule has 2 rings (SSSR count). The maximum atomic E-state index is 13.0. The minimum Gasteiger partial charge on any atom is -0.354 e. The Morgan fingerprint density at radius 1 is 1.50 bits per heavy atom. The maximum Gasteiger partial charge on any atom is 0.436 e. The van der Waals surface area contributed by atoms with Crippen LogP contribution in [-0.4, -0.2) is 22.2 Å². The lowest BCUT2D eigenvalue weighted by Gasteiger charge is -2.15. The van der Waals surface area contributed by atoms with Crippen molar-refractivity contribution in [2.45, 2.75) is 57.7 Å². The number of carbonyl (C=O) groups is 1. The number of alkyl halides is 3. The molecule has 0 spiro atoms. The number of carbonyl (C=O) groups excluding carboxylic acids is 1. The minimum absolute atomic E-state index is 0.0318. The predicted octanol–water partition coefficient (Wildman–Crippen LogP) is 4.02. The Kier molecular flexibility index (Phi) is 5.19. The molecule has 124 valence electrons. The average Bonchev–Trinajstić information content (AvgIpc) is 3.20. The lowest BCUT2D eigenvalue weighted by atomic mass is 10.2. The molecule has 1 aromatic rings. The molecule has 1 heterocycles. The highest BCUT2D eigenvalue weighted by Crippen LogP contribution is 2.47. The minimum atomic E-state index is -4.54. The quantitative estimate of drug-likeness (QED) is 0.756. The fourth-order valence-corrected chi connectivity index (χ4v) is 3.08. The van der Waals surface area contributed by atoms with Crippen LogP contribution in [0.2, 0.25) is 0 Å². The van der Waals surface area contributed by atoms with Crippen LogP contribution in [0.1, 0.15) is 62.9 Å². The summed E-state index contributed by atoms with van der Waals surface area (Å²) in [5.41, 5.74) is -0.479. The monoisotopic (exact) mass is 381 g/mol. The van der Waals surface area contributed by atoms with Gasteiger partial charge in [0.15, 0.2) is 5.69 Å². The van der Waals surface area contributed by atoms with E-state index in [0.29, 0.717) is 12.2 Å². The first-order chi connectivity index (χ1) is 10.3. The second-order valence-corrected chi connectivity index (χ2v) is 6.38. The van der Waals surface area contributed by atoms with Gasteiger partial charge in [-0.25, -0.2) is 0 Å². The second kappa shape index (κ2) is 6.60. The van der Waals surface area contributed by atoms with Crippen LogP contribution in [0.3, 0.4) is 0 Å². The van der Waals surface area contributed by atoms with Crippen LogP contribution in [-0.2, 0) is 11.0 Å². The summed E-state index contributed by atoms with van der Waals surface area (Å²) in [7, 11) is 0. The summed E-state index contributed by atoms with van der Waals surface area (Å²) in [5.74, 6) is -0.261. The fraction of sp³-hybridized carbons (Fsp3) is 0.714. The van der Waals surface area contributed by atoms with E-state index in [4.69, 9.17) is 0 Å². The van der Waals surface area contributed by atoms with Gasteiger partial charge in [-0.2, -0.15) is 18.3 Å². The number of hydrogen-bond acceptors (Lipinski definition) is 2. The Balaban J connectivity index is 2.27. The standard InChI is InChI=1S/C14H19BrF3N3O/c1-3-4-7-19-13(22)8(2)21-11(9-5-6-9)10(15)12(20-21)14(16,17)18/h8-9H,3-7H2,1-2H3,(H,19,22). The van der Waals surface area contributed by atoms with E-state index in [1.165, 1.54) is 4.68 Å². The molecule has 0 bridgehead atoms. The number of halogens is 4. The van der Waals surface area contributed by atoms with Gasteiger partial charge in [-0.3, -0.25) is 9.48 Å². The van der Waals surface area contributed by atoms with E-state index in [2.05, 4.69) is 26.3 Å². The first-order valence-electron chi connectivity index (χ1n) is 7.40. The number of unbranched alkanes of at least 4 members (excludes halogenated alkanes) is 1. The van der Waals surface area contributed by atoms with Crippen molar-refractivity contribution in [2.75, 3.05) is 6.54 Å². The summed E-state index contributed by atoms with van der Waals surface area (Å²) in [4.78, 5) is 12.1. The zero-order chi connectivity index (χ0) is 16.5. The molecule has 1 N–H and O–H groups in total. The summed E-state index contributed by atoms with van der Waals surface area (Å²) in [6.45, 7) is 4.10. The smallest absolute Gasteiger partial charge is 0.354 e. The highest BCUT2D eigenvalue weighted by Gasteiger charge is 2.42. The van der Waals surface area contributed by atoms with E-state index in [-0.39, 0.29) is 16.3 Å². The third kappa shape index (κ3) is 3.64. The largest absolute Gasteiger partial charge is 0.436 e. The second-order valence-electron chi connectivity index (χ2n) is 5.58. The van der Waals surface area contributed by atoms with Gasteiger partial charge in [-0.05, 0) is 42.1 Å². The van der Waals surface area contributed by atoms with Crippen LogP contribution >= 0.6 is 15.9 Å². The van der Waals surface area contributed by atoms with Crippen LogP contribution in [0.15, 0.2) is 4.47 Å². The molecule has 0 saturated heterocycles. The average molecular weight is 382 g/mol. The van der Waals surface area contributed by atoms with Gasteiger partial charge < -0.3 is 5.32 Å². The van der Waals surface area contributed by atoms with E-state index in [1.54, 1.807) is 6.92 Å². The molecular weight excluding hydrogens is 363 g/mol. The van der Waals surface area contributed by atoms with Gasteiger partial charge in [0.05, 0.1) is 10.2 Å². The first-order valence-corrected chi connectivity index (χ1v) is 8.19. The van der Waals surface area contributed by atoms with E-state index < -0.39 is 17.9 Å². The predicted molar refractivity (Wildman–Crippen MR) is 79.5 cm³/mol. The lowest BCUT2D eigenvalue weighted by molar-refractivity contribution is -0.142. The third-order valence-corrected chi connectivity index (χ3v) is 4.48. The molecule has 1 saturated carbocycles. The first kappa shape index (κ1) is 17.3. The van der Waals surface area contributed by atoms with Crippen molar-refractivity contribution in [3.63, 3.8) is 0 Å². The molecule has 1 atom stereocenters. The van der Waals surface area contributed by atoms with Crippen LogP contribution in [0.4, 0.5) is 13.2 Å². The number of rotatable bonds is 6. The van der Waals surface area contributed by atoms with E-state index in [9.17, 15) is 18.0 Å². The zero-order valence-electron chi connectivity index (χ0n) is 12.5. The highest BCUT2D eigenvalue weighted by molar-refractivity contribution is 9.10. The molecule has 1 fully saturated rings. The van der Waals surface area contributed by atoms with Gasteiger partial charge in [0.25, 0.3) is 0 Å². The molecule has 8 heteroatoms. The van der Waals surface area contributed by atoms with Crippen LogP contribution in [0.5, 0.6) is 0 Å². The van der Waals surface area contributed by atoms with Gasteiger partial charge >= 0.3 is 6.18 Å². The molecule has 22 heavy (non-hydrogen) atoms. The Hall–Kier alpha value is -1.05. The number of nitrogens with zero attached hydrogens (tertiary/aromatic N) is 2. The number of amides is 1. The van der Waals surface area contributed by atoms with Crippen LogP contribution in [0, 0.1) is 0 Å². The van der Waals surface area contributed by atoms with Crippen molar-refractivity contribution in [3.8, 4) is 0 Å². The zero-order valence-corrected chi connectivity index (χ0v) is 14.1. The fourth-order valence-electron chi connectivity index (χ4n) is 2.27. The van der Waals surface area contributed by atoms with Crippen molar-refractivity contribution in [1.82, 2.24) is 15.1 Å². The molecule has 1 amide bonds. The summed E-state index contributed by atoms with van der Waals surface area (Å²) in [6.07, 6.45) is -1.11. The third-order valence-electron chi connectivity index (χ3n) is 3.70. The highest BCUT2D eigenvalue weighted by atomic mass is 79.9. The van der Waals surface area contributed by atoms with E-state index >= 15 is 0 Å². The van der Waals surface area contributed by atoms with Crippen molar-refractivity contribution >= 4 is 21.8 Å². The summed E-state index contributed by atoms with van der Waals surface area (Å²) in [5, 5.41) is 6.41. The van der Waals surface area contributed by atoms with Crippen molar-refractivity contribution in [2.24, 2.45) is 0 Å². The molecule has 4 nitrogen and oxygen atoms in total. The Bertz CT molecular complexity index is 552. The molecule has 0 aromatic carbocycles. The molecule has 1 aromatic heterocycles. The van der Waals surface area contributed by atoms with Crippen LogP contribution in [0.25, 0.3) is 0 Å². The Morgan fingerprint density at radius 2 is 2.14 bits per heavy atom. The molecule has 0 radical (unpaired) electrons. The number of aromatic nitrogens is 2. The van der Waals surface area contributed by atoms with E-state index in [0.717, 1.165) is 25.7 Å². The Morgan fingerprint density at radius 3 is 2.64 bits per heavy atom. The normalized spacial score (nSPS) is 16.6. The molecule has 1 aliphatic rings. The van der Waals surface area contributed by atoms with Crippen molar-refractivity contribution in [1.29, 1.82) is 0 Å².